The molecule has 0 bridgehead atoms. The number of nitrogens with zero attached hydrogens (tertiary/aromatic N) is 2. The third kappa shape index (κ3) is 3.11. The molecule has 0 aliphatic carbocycles. The van der Waals surface area contributed by atoms with Crippen LogP contribution in [0.1, 0.15) is 17.4 Å². The highest BCUT2D eigenvalue weighted by Crippen LogP contribution is 2.25. The summed E-state index contributed by atoms with van der Waals surface area (Å²) in [6.07, 6.45) is 1.50. The van der Waals surface area contributed by atoms with Crippen LogP contribution in [0.3, 0.4) is 0 Å². The van der Waals surface area contributed by atoms with E-state index in [1.807, 2.05) is 6.92 Å². The van der Waals surface area contributed by atoms with Gasteiger partial charge in [-0.15, -0.1) is 0 Å². The summed E-state index contributed by atoms with van der Waals surface area (Å²) < 4.78 is 30.4. The fourth-order valence-corrected chi connectivity index (χ4v) is 1.73. The van der Waals surface area contributed by atoms with Crippen LogP contribution in [-0.4, -0.2) is 22.3 Å². The van der Waals surface area contributed by atoms with E-state index in [0.29, 0.717) is 12.2 Å². The molecule has 20 heavy (non-hydrogen) atoms. The fraction of sp³-hybridized carbons (Fsp3) is 0.231. The molecular weight excluding hydrogens is 268 g/mol. The van der Waals surface area contributed by atoms with Gasteiger partial charge in [0, 0.05) is 12.7 Å². The predicted molar refractivity (Wildman–Crippen MR) is 68.9 cm³/mol. The first-order valence-electron chi connectivity index (χ1n) is 5.98. The summed E-state index contributed by atoms with van der Waals surface area (Å²) in [5, 5.41) is 6.51. The second-order valence-electron chi connectivity index (χ2n) is 3.86. The molecule has 1 N–H and O–H groups in total. The number of hydrogen-bond acceptors (Lipinski definition) is 3. The van der Waals surface area contributed by atoms with Crippen LogP contribution in [0.25, 0.3) is 0 Å². The van der Waals surface area contributed by atoms with E-state index in [1.165, 1.54) is 23.0 Å². The average Bonchev–Trinajstić information content (AvgIpc) is 2.88. The van der Waals surface area contributed by atoms with Gasteiger partial charge in [0.2, 0.25) is 0 Å². The van der Waals surface area contributed by atoms with Crippen molar-refractivity contribution in [3.8, 4) is 5.75 Å². The van der Waals surface area contributed by atoms with E-state index in [1.54, 1.807) is 18.2 Å². The molecular formula is C13H13F2N3O2. The Balaban J connectivity index is 2.20. The number of rotatable bonds is 5. The molecule has 0 saturated heterocycles. The summed E-state index contributed by atoms with van der Waals surface area (Å²) in [6.45, 7) is -0.572. The number of aryl methyl sites for hydroxylation is 1. The number of alkyl halides is 2. The van der Waals surface area contributed by atoms with Gasteiger partial charge in [-0.2, -0.15) is 13.9 Å². The molecule has 2 aromatic rings. The van der Waals surface area contributed by atoms with E-state index >= 15 is 0 Å². The first kappa shape index (κ1) is 14.0. The molecule has 1 amide bonds. The van der Waals surface area contributed by atoms with Crippen LogP contribution in [0.5, 0.6) is 5.75 Å². The molecule has 1 aromatic heterocycles. The van der Waals surface area contributed by atoms with E-state index in [4.69, 9.17) is 0 Å². The Kier molecular flexibility index (Phi) is 4.29. The highest BCUT2D eigenvalue weighted by Gasteiger charge is 2.15. The monoisotopic (exact) mass is 281 g/mol. The van der Waals surface area contributed by atoms with E-state index in [0.717, 1.165) is 0 Å². The van der Waals surface area contributed by atoms with E-state index in [2.05, 4.69) is 15.2 Å². The van der Waals surface area contributed by atoms with Gasteiger partial charge in [0.05, 0.1) is 5.69 Å². The number of aromatic nitrogens is 2. The zero-order chi connectivity index (χ0) is 14.5. The number of carbonyl (C=O) groups is 1. The Bertz CT molecular complexity index is 599. The highest BCUT2D eigenvalue weighted by molar-refractivity contribution is 6.03. The number of ether oxygens (including phenoxy) is 1. The zero-order valence-electron chi connectivity index (χ0n) is 10.7. The molecule has 0 fully saturated rings. The van der Waals surface area contributed by atoms with Crippen molar-refractivity contribution in [3.63, 3.8) is 0 Å². The van der Waals surface area contributed by atoms with Gasteiger partial charge in [-0.1, -0.05) is 12.1 Å². The number of nitrogens with one attached hydrogen (secondary N) is 1. The molecule has 0 radical (unpaired) electrons. The number of benzene rings is 1. The molecule has 0 aliphatic heterocycles. The summed E-state index contributed by atoms with van der Waals surface area (Å²) in [4.78, 5) is 12.1. The topological polar surface area (TPSA) is 56.2 Å². The van der Waals surface area contributed by atoms with Crippen molar-refractivity contribution in [2.24, 2.45) is 0 Å². The Hall–Kier alpha value is -2.44. The first-order chi connectivity index (χ1) is 9.61. The third-order valence-corrected chi connectivity index (χ3v) is 2.60. The lowest BCUT2D eigenvalue weighted by Crippen LogP contribution is -2.18. The van der Waals surface area contributed by atoms with Gasteiger partial charge in [0.15, 0.2) is 0 Å². The van der Waals surface area contributed by atoms with Gasteiger partial charge in [0.25, 0.3) is 5.91 Å². The van der Waals surface area contributed by atoms with E-state index in [-0.39, 0.29) is 11.4 Å². The number of amides is 1. The van der Waals surface area contributed by atoms with Gasteiger partial charge >= 0.3 is 6.61 Å². The number of carbonyl (C=O) groups excluding carboxylic acids is 1. The van der Waals surface area contributed by atoms with Crippen LogP contribution in [0.2, 0.25) is 0 Å². The first-order valence-corrected chi connectivity index (χ1v) is 5.98. The Morgan fingerprint density at radius 1 is 1.40 bits per heavy atom. The van der Waals surface area contributed by atoms with Crippen LogP contribution < -0.4 is 10.1 Å². The molecule has 0 unspecified atom stereocenters. The smallest absolute Gasteiger partial charge is 0.387 e. The summed E-state index contributed by atoms with van der Waals surface area (Å²) in [5.41, 5.74) is 0.529. The second-order valence-corrected chi connectivity index (χ2v) is 3.86. The Morgan fingerprint density at radius 2 is 2.15 bits per heavy atom. The summed E-state index contributed by atoms with van der Waals surface area (Å²) in [7, 11) is 0. The van der Waals surface area contributed by atoms with Crippen LogP contribution in [0.4, 0.5) is 14.5 Å². The lowest BCUT2D eigenvalue weighted by atomic mass is 10.2. The lowest BCUT2D eigenvalue weighted by molar-refractivity contribution is -0.0493. The quantitative estimate of drug-likeness (QED) is 0.916. The van der Waals surface area contributed by atoms with E-state index in [9.17, 15) is 13.6 Å². The Morgan fingerprint density at radius 3 is 2.85 bits per heavy atom. The van der Waals surface area contributed by atoms with Crippen LogP contribution >= 0.6 is 0 Å². The van der Waals surface area contributed by atoms with Crippen molar-refractivity contribution in [2.45, 2.75) is 20.1 Å². The highest BCUT2D eigenvalue weighted by atomic mass is 19.3. The maximum Gasteiger partial charge on any atom is 0.387 e. The predicted octanol–water partition coefficient (Wildman–Crippen LogP) is 2.76. The average molecular weight is 281 g/mol. The van der Waals surface area contributed by atoms with Crippen LogP contribution in [0.15, 0.2) is 36.5 Å². The molecule has 0 saturated carbocycles. The van der Waals surface area contributed by atoms with Gasteiger partial charge in [-0.3, -0.25) is 9.48 Å². The normalized spacial score (nSPS) is 10.6. The van der Waals surface area contributed by atoms with Crippen LogP contribution in [0, 0.1) is 0 Å². The molecule has 1 heterocycles. The lowest BCUT2D eigenvalue weighted by Gasteiger charge is -2.12. The standard InChI is InChI=1S/C13H13F2N3O2/c1-2-18-10(7-8-16-18)12(19)17-9-5-3-4-6-11(9)20-13(14)15/h3-8,13H,2H2,1H3,(H,17,19). The summed E-state index contributed by atoms with van der Waals surface area (Å²) in [6, 6.07) is 7.56. The summed E-state index contributed by atoms with van der Waals surface area (Å²) >= 11 is 0. The third-order valence-electron chi connectivity index (χ3n) is 2.60. The van der Waals surface area contributed by atoms with Crippen molar-refractivity contribution in [2.75, 3.05) is 5.32 Å². The minimum Gasteiger partial charge on any atom is -0.433 e. The van der Waals surface area contributed by atoms with Gasteiger partial charge < -0.3 is 10.1 Å². The van der Waals surface area contributed by atoms with Gasteiger partial charge in [0.1, 0.15) is 11.4 Å². The molecule has 7 heteroatoms. The maximum absolute atomic E-state index is 12.3. The number of hydrogen-bond donors (Lipinski definition) is 1. The van der Waals surface area contributed by atoms with Crippen molar-refractivity contribution in [1.29, 1.82) is 0 Å². The number of para-hydroxylation sites is 2. The fourth-order valence-electron chi connectivity index (χ4n) is 1.73. The van der Waals surface area contributed by atoms with Crippen molar-refractivity contribution in [1.82, 2.24) is 9.78 Å². The van der Waals surface area contributed by atoms with Crippen molar-refractivity contribution in [3.05, 3.63) is 42.2 Å². The minimum atomic E-state index is -2.95. The molecule has 0 atom stereocenters. The molecule has 106 valence electrons. The number of halogens is 2. The van der Waals surface area contributed by atoms with Crippen molar-refractivity contribution < 1.29 is 18.3 Å². The second kappa shape index (κ2) is 6.14. The largest absolute Gasteiger partial charge is 0.433 e. The maximum atomic E-state index is 12.3. The molecule has 0 aliphatic rings. The molecule has 1 aromatic carbocycles. The van der Waals surface area contributed by atoms with Gasteiger partial charge in [-0.25, -0.2) is 0 Å². The minimum absolute atomic E-state index is 0.0848. The van der Waals surface area contributed by atoms with Crippen molar-refractivity contribution >= 4 is 11.6 Å². The van der Waals surface area contributed by atoms with Crippen LogP contribution in [-0.2, 0) is 6.54 Å². The Labute approximate surface area is 114 Å². The SMILES string of the molecule is CCn1nccc1C(=O)Nc1ccccc1OC(F)F. The zero-order valence-corrected chi connectivity index (χ0v) is 10.7. The van der Waals surface area contributed by atoms with Gasteiger partial charge in [-0.05, 0) is 25.1 Å². The number of anilines is 1. The molecule has 5 nitrogen and oxygen atoms in total. The summed E-state index contributed by atoms with van der Waals surface area (Å²) in [5.74, 6) is -0.520. The van der Waals surface area contributed by atoms with E-state index < -0.39 is 12.5 Å². The molecule has 2 rings (SSSR count). The molecule has 0 spiro atoms.